The monoisotopic (exact) mass is 162 g/mol. The standard InChI is InChI=1S/C5H10O.C3H8O2/c1-2-4-6-5-3-1;1-3(5)2-4/h1-5H2;3-5H,2H2,1H3. The molecule has 0 radical (unpaired) electrons. The molecule has 0 aromatic carbocycles. The van der Waals surface area contributed by atoms with E-state index in [0.29, 0.717) is 0 Å². The molecule has 0 aromatic heterocycles. The van der Waals surface area contributed by atoms with Crippen molar-refractivity contribution in [3.63, 3.8) is 0 Å². The van der Waals surface area contributed by atoms with E-state index in [1.807, 2.05) is 0 Å². The summed E-state index contributed by atoms with van der Waals surface area (Å²) in [6.45, 7) is 3.39. The van der Waals surface area contributed by atoms with Crippen molar-refractivity contribution in [3.8, 4) is 0 Å². The van der Waals surface area contributed by atoms with Gasteiger partial charge in [-0.05, 0) is 26.2 Å². The largest absolute Gasteiger partial charge is 0.394 e. The van der Waals surface area contributed by atoms with Gasteiger partial charge in [0.25, 0.3) is 0 Å². The third-order valence-electron chi connectivity index (χ3n) is 1.34. The van der Waals surface area contributed by atoms with Crippen molar-refractivity contribution in [1.29, 1.82) is 0 Å². The quantitative estimate of drug-likeness (QED) is 0.592. The minimum absolute atomic E-state index is 0.139. The average molecular weight is 162 g/mol. The minimum atomic E-state index is -0.560. The molecule has 11 heavy (non-hydrogen) atoms. The van der Waals surface area contributed by atoms with Crippen molar-refractivity contribution >= 4 is 0 Å². The van der Waals surface area contributed by atoms with Crippen LogP contribution in [-0.4, -0.2) is 36.1 Å². The van der Waals surface area contributed by atoms with Crippen molar-refractivity contribution in [2.75, 3.05) is 19.8 Å². The Hall–Kier alpha value is -0.120. The third-order valence-corrected chi connectivity index (χ3v) is 1.34. The zero-order valence-electron chi connectivity index (χ0n) is 7.12. The molecular weight excluding hydrogens is 144 g/mol. The first-order chi connectivity index (χ1) is 5.27. The van der Waals surface area contributed by atoms with Gasteiger partial charge in [-0.25, -0.2) is 0 Å². The lowest BCUT2D eigenvalue weighted by atomic mass is 10.2. The molecule has 1 aliphatic rings. The maximum absolute atomic E-state index is 8.11. The van der Waals surface area contributed by atoms with Crippen molar-refractivity contribution in [2.24, 2.45) is 0 Å². The Balaban J connectivity index is 0.000000187. The lowest BCUT2D eigenvalue weighted by Crippen LogP contribution is -2.03. The van der Waals surface area contributed by atoms with Gasteiger partial charge in [-0.3, -0.25) is 0 Å². The molecule has 0 aromatic rings. The highest BCUT2D eigenvalue weighted by Gasteiger charge is 1.95. The van der Waals surface area contributed by atoms with Crippen molar-refractivity contribution in [1.82, 2.24) is 0 Å². The molecule has 3 nitrogen and oxygen atoms in total. The smallest absolute Gasteiger partial charge is 0.0742 e. The van der Waals surface area contributed by atoms with Gasteiger partial charge in [0.2, 0.25) is 0 Å². The van der Waals surface area contributed by atoms with Crippen LogP contribution in [-0.2, 0) is 4.74 Å². The molecule has 3 heteroatoms. The van der Waals surface area contributed by atoms with Crippen LogP contribution in [0.15, 0.2) is 0 Å². The van der Waals surface area contributed by atoms with Crippen LogP contribution in [0.25, 0.3) is 0 Å². The van der Waals surface area contributed by atoms with E-state index in [0.717, 1.165) is 13.2 Å². The van der Waals surface area contributed by atoms with Crippen LogP contribution in [0.3, 0.4) is 0 Å². The molecule has 1 heterocycles. The number of aliphatic hydroxyl groups excluding tert-OH is 2. The molecule has 0 spiro atoms. The average Bonchev–Trinajstić information content (AvgIpc) is 2.09. The summed E-state index contributed by atoms with van der Waals surface area (Å²) in [5.74, 6) is 0. The Morgan fingerprint density at radius 2 is 1.73 bits per heavy atom. The van der Waals surface area contributed by atoms with Gasteiger partial charge in [0.1, 0.15) is 0 Å². The molecule has 0 aliphatic carbocycles. The van der Waals surface area contributed by atoms with E-state index < -0.39 is 6.10 Å². The number of rotatable bonds is 1. The first-order valence-corrected chi connectivity index (χ1v) is 4.14. The molecule has 1 saturated heterocycles. The lowest BCUT2D eigenvalue weighted by Gasteiger charge is -2.08. The molecule has 1 aliphatic heterocycles. The zero-order chi connectivity index (χ0) is 8.53. The first-order valence-electron chi connectivity index (χ1n) is 4.14. The molecule has 0 bridgehead atoms. The molecule has 2 N–H and O–H groups in total. The van der Waals surface area contributed by atoms with Crippen LogP contribution in [0.4, 0.5) is 0 Å². The first kappa shape index (κ1) is 10.9. The lowest BCUT2D eigenvalue weighted by molar-refractivity contribution is 0.0968. The summed E-state index contributed by atoms with van der Waals surface area (Å²) in [6, 6.07) is 0. The molecule has 1 rings (SSSR count). The highest BCUT2D eigenvalue weighted by Crippen LogP contribution is 2.02. The SMILES string of the molecule is C1CCOCC1.CC(O)CO. The van der Waals surface area contributed by atoms with Crippen LogP contribution in [0.2, 0.25) is 0 Å². The Kier molecular flexibility index (Phi) is 7.89. The molecule has 1 unspecified atom stereocenters. The van der Waals surface area contributed by atoms with Crippen LogP contribution < -0.4 is 0 Å². The van der Waals surface area contributed by atoms with E-state index in [2.05, 4.69) is 0 Å². The minimum Gasteiger partial charge on any atom is -0.394 e. The van der Waals surface area contributed by atoms with E-state index in [-0.39, 0.29) is 6.61 Å². The van der Waals surface area contributed by atoms with Gasteiger partial charge in [-0.15, -0.1) is 0 Å². The molecule has 0 saturated carbocycles. The number of hydrogen-bond acceptors (Lipinski definition) is 3. The second-order valence-corrected chi connectivity index (χ2v) is 2.70. The Bertz CT molecular complexity index is 58.2. The van der Waals surface area contributed by atoms with Crippen molar-refractivity contribution < 1.29 is 14.9 Å². The normalized spacial score (nSPS) is 19.9. The highest BCUT2D eigenvalue weighted by molar-refractivity contribution is 4.45. The summed E-state index contributed by atoms with van der Waals surface area (Å²) in [5, 5.41) is 16.0. The van der Waals surface area contributed by atoms with E-state index in [1.54, 1.807) is 0 Å². The predicted molar refractivity (Wildman–Crippen MR) is 43.4 cm³/mol. The van der Waals surface area contributed by atoms with Gasteiger partial charge in [0.05, 0.1) is 12.7 Å². The van der Waals surface area contributed by atoms with Gasteiger partial charge < -0.3 is 14.9 Å². The Morgan fingerprint density at radius 1 is 1.27 bits per heavy atom. The summed E-state index contributed by atoms with van der Waals surface area (Å²) in [7, 11) is 0. The van der Waals surface area contributed by atoms with Crippen LogP contribution in [0.1, 0.15) is 26.2 Å². The van der Waals surface area contributed by atoms with Crippen molar-refractivity contribution in [3.05, 3.63) is 0 Å². The van der Waals surface area contributed by atoms with Crippen LogP contribution in [0, 0.1) is 0 Å². The second-order valence-electron chi connectivity index (χ2n) is 2.70. The maximum Gasteiger partial charge on any atom is 0.0742 e. The van der Waals surface area contributed by atoms with E-state index in [1.165, 1.54) is 26.2 Å². The van der Waals surface area contributed by atoms with Crippen molar-refractivity contribution in [2.45, 2.75) is 32.3 Å². The van der Waals surface area contributed by atoms with Crippen LogP contribution >= 0.6 is 0 Å². The molecule has 1 fully saturated rings. The Morgan fingerprint density at radius 3 is 1.82 bits per heavy atom. The van der Waals surface area contributed by atoms with E-state index in [4.69, 9.17) is 14.9 Å². The predicted octanol–water partition coefficient (Wildman–Crippen LogP) is 0.546. The van der Waals surface area contributed by atoms with E-state index in [9.17, 15) is 0 Å². The van der Waals surface area contributed by atoms with Crippen LogP contribution in [0.5, 0.6) is 0 Å². The van der Waals surface area contributed by atoms with Gasteiger partial charge in [-0.2, -0.15) is 0 Å². The highest BCUT2D eigenvalue weighted by atomic mass is 16.5. The van der Waals surface area contributed by atoms with Gasteiger partial charge in [-0.1, -0.05) is 0 Å². The summed E-state index contributed by atoms with van der Waals surface area (Å²) >= 11 is 0. The summed E-state index contributed by atoms with van der Waals surface area (Å²) in [5.41, 5.74) is 0. The molecular formula is C8H18O3. The van der Waals surface area contributed by atoms with Gasteiger partial charge >= 0.3 is 0 Å². The molecule has 1 atom stereocenters. The number of ether oxygens (including phenoxy) is 1. The van der Waals surface area contributed by atoms with Gasteiger partial charge in [0, 0.05) is 13.2 Å². The molecule has 0 amide bonds. The van der Waals surface area contributed by atoms with Gasteiger partial charge in [0.15, 0.2) is 0 Å². The second kappa shape index (κ2) is 7.98. The third kappa shape index (κ3) is 9.88. The number of hydrogen-bond donors (Lipinski definition) is 2. The zero-order valence-corrected chi connectivity index (χ0v) is 7.12. The fourth-order valence-corrected chi connectivity index (χ4v) is 0.687. The van der Waals surface area contributed by atoms with E-state index >= 15 is 0 Å². The molecule has 68 valence electrons. The summed E-state index contributed by atoms with van der Waals surface area (Å²) < 4.78 is 5.07. The summed E-state index contributed by atoms with van der Waals surface area (Å²) in [4.78, 5) is 0. The maximum atomic E-state index is 8.11. The Labute approximate surface area is 68.0 Å². The topological polar surface area (TPSA) is 49.7 Å². The fourth-order valence-electron chi connectivity index (χ4n) is 0.687. The fraction of sp³-hybridized carbons (Fsp3) is 1.00. The number of aliphatic hydroxyl groups is 2. The summed E-state index contributed by atoms with van der Waals surface area (Å²) in [6.07, 6.45) is 3.37.